The molecule has 0 spiro atoms. The Bertz CT molecular complexity index is 3220. The Morgan fingerprint density at radius 2 is 0.944 bits per heavy atom. The standard InChI is InChI=1S/C33H41F3N4O8.C26H35F3N4O8/c1-20-18-23(40(28(41)47-30(3,4)5)29(42)48-31(6,7)8)24-26-38-39-27(46-26)32(33(34,35)36,44-19-22-12-10-9-11-13-22)15-17-43-16-14-21(2)45-25(20)37-24;1-14-13-16(33(21(34)40-23(3,4)5)22(35)41-24(6,7)8)17-19-31-32-20(39-19)25(36,26(27,28)29)10-12-37-11-9-15(2)38-18(14)30-17/h9-13,18,21H,14-17,19H2,1-8H3;13,15,36H,9-12H2,1-8H3/t21-,32?;15-,25?/m11/s1. The van der Waals surface area contributed by atoms with Gasteiger partial charge in [-0.2, -0.15) is 36.1 Å². The molecule has 0 saturated carbocycles. The fourth-order valence-electron chi connectivity index (χ4n) is 8.17. The fraction of sp³-hybridized carbons (Fsp3) is 0.593. The van der Waals surface area contributed by atoms with Crippen LogP contribution in [0.5, 0.6) is 11.8 Å². The van der Waals surface area contributed by atoms with Gasteiger partial charge in [0.25, 0.3) is 23.6 Å². The molecule has 2 aliphatic rings. The predicted octanol–water partition coefficient (Wildman–Crippen LogP) is 13.1. The molecule has 490 valence electrons. The summed E-state index contributed by atoms with van der Waals surface area (Å²) in [7, 11) is 0. The highest BCUT2D eigenvalue weighted by atomic mass is 19.4. The number of anilines is 2. The summed E-state index contributed by atoms with van der Waals surface area (Å²) in [6.45, 7) is 24.6. The van der Waals surface area contributed by atoms with Crippen molar-refractivity contribution >= 4 is 35.7 Å². The number of amides is 4. The van der Waals surface area contributed by atoms with Crippen LogP contribution >= 0.6 is 0 Å². The maximum absolute atomic E-state index is 15.1. The van der Waals surface area contributed by atoms with Crippen molar-refractivity contribution in [2.24, 2.45) is 0 Å². The number of aliphatic hydroxyl groups is 1. The van der Waals surface area contributed by atoms with E-state index in [1.807, 2.05) is 0 Å². The molecular formula is C59H76F6N8O16. The number of aromatic nitrogens is 6. The van der Waals surface area contributed by atoms with E-state index in [9.17, 15) is 37.5 Å². The van der Waals surface area contributed by atoms with Crippen LogP contribution in [0, 0.1) is 13.8 Å². The summed E-state index contributed by atoms with van der Waals surface area (Å²) in [6.07, 6.45) is -16.9. The molecule has 2 unspecified atom stereocenters. The SMILES string of the molecule is Cc1cc(N(C(=O)OC(C)(C)C)C(=O)OC(C)(C)C)c2nc1O[C@H](C)CCOCCC(O)(C(F)(F)F)c1nnc-2o1.Cc1cc(N(C(=O)OC(C)(C)C)C(=O)OC(C)(C)C)c2nc1O[C@H](C)CCOCCC(OCc1ccccc1)(C(F)(F)F)c1nnc-2o1. The van der Waals surface area contributed by atoms with Gasteiger partial charge in [0.15, 0.2) is 11.4 Å². The fourth-order valence-corrected chi connectivity index (χ4v) is 8.17. The van der Waals surface area contributed by atoms with Crippen molar-refractivity contribution in [2.45, 2.75) is 201 Å². The molecule has 0 fully saturated rings. The first kappa shape index (κ1) is 70.4. The van der Waals surface area contributed by atoms with Crippen LogP contribution in [-0.2, 0) is 51.0 Å². The van der Waals surface area contributed by atoms with Gasteiger partial charge in [0, 0.05) is 36.8 Å². The van der Waals surface area contributed by atoms with Crippen LogP contribution in [0.15, 0.2) is 51.3 Å². The Kier molecular flexibility index (Phi) is 21.5. The van der Waals surface area contributed by atoms with Crippen molar-refractivity contribution in [3.63, 3.8) is 0 Å². The lowest BCUT2D eigenvalue weighted by Gasteiger charge is -2.32. The number of fused-ring (bicyclic) bond motifs is 10. The van der Waals surface area contributed by atoms with Crippen LogP contribution in [0.2, 0.25) is 0 Å². The first-order chi connectivity index (χ1) is 41.0. The minimum absolute atomic E-state index is 0.0208. The molecule has 0 saturated heterocycles. The normalized spacial score (nSPS) is 19.7. The van der Waals surface area contributed by atoms with Gasteiger partial charge in [0.05, 0.1) is 56.6 Å². The number of benzene rings is 1. The number of halogens is 6. The molecule has 6 heterocycles. The highest BCUT2D eigenvalue weighted by Crippen LogP contribution is 2.48. The van der Waals surface area contributed by atoms with Crippen LogP contribution in [-0.4, -0.2) is 133 Å². The third kappa shape index (κ3) is 18.2. The molecule has 4 aromatic heterocycles. The molecule has 0 radical (unpaired) electrons. The predicted molar refractivity (Wildman–Crippen MR) is 304 cm³/mol. The minimum atomic E-state index is -5.21. The second kappa shape index (κ2) is 27.2. The van der Waals surface area contributed by atoms with E-state index in [2.05, 4.69) is 30.4 Å². The molecule has 0 aliphatic carbocycles. The molecule has 30 heteroatoms. The summed E-state index contributed by atoms with van der Waals surface area (Å²) in [4.78, 5) is 63.9. The van der Waals surface area contributed by atoms with E-state index >= 15 is 13.2 Å². The number of nitrogens with zero attached hydrogens (tertiary/aromatic N) is 8. The molecular weight excluding hydrogens is 1190 g/mol. The minimum Gasteiger partial charge on any atom is -0.474 e. The van der Waals surface area contributed by atoms with Crippen molar-refractivity contribution in [3.05, 3.63) is 70.9 Å². The average Bonchev–Trinajstić information content (AvgIpc) is 1.86. The van der Waals surface area contributed by atoms with Gasteiger partial charge in [0.1, 0.15) is 22.4 Å². The zero-order valence-electron chi connectivity index (χ0n) is 52.5. The molecule has 2 aliphatic heterocycles. The second-order valence-corrected chi connectivity index (χ2v) is 25.0. The van der Waals surface area contributed by atoms with Crippen LogP contribution in [0.3, 0.4) is 0 Å². The van der Waals surface area contributed by atoms with Gasteiger partial charge in [0.2, 0.25) is 23.0 Å². The maximum atomic E-state index is 15.1. The van der Waals surface area contributed by atoms with Crippen LogP contribution in [0.1, 0.15) is 151 Å². The molecule has 7 rings (SSSR count). The quantitative estimate of drug-likeness (QED) is 0.126. The zero-order valence-corrected chi connectivity index (χ0v) is 52.5. The second-order valence-electron chi connectivity index (χ2n) is 25.0. The summed E-state index contributed by atoms with van der Waals surface area (Å²) in [6, 6.07) is 11.0. The first-order valence-electron chi connectivity index (χ1n) is 28.3. The largest absolute Gasteiger partial charge is 0.474 e. The number of pyridine rings is 2. The van der Waals surface area contributed by atoms with Gasteiger partial charge in [-0.3, -0.25) is 0 Å². The smallest absolute Gasteiger partial charge is 0.426 e. The van der Waals surface area contributed by atoms with Crippen LogP contribution in [0.4, 0.5) is 56.9 Å². The van der Waals surface area contributed by atoms with E-state index in [0.717, 1.165) is 0 Å². The molecule has 5 aromatic rings. The number of ether oxygens (including phenoxy) is 9. The van der Waals surface area contributed by atoms with Crippen molar-refractivity contribution in [2.75, 3.05) is 36.2 Å². The Morgan fingerprint density at radius 3 is 1.33 bits per heavy atom. The summed E-state index contributed by atoms with van der Waals surface area (Å²) < 4.78 is 149. The van der Waals surface area contributed by atoms with E-state index < -0.39 is 132 Å². The molecule has 8 bridgehead atoms. The Balaban J connectivity index is 0.000000287. The van der Waals surface area contributed by atoms with Gasteiger partial charge in [-0.1, -0.05) is 30.3 Å². The number of aryl methyl sites for hydroxylation is 2. The molecule has 24 nitrogen and oxygen atoms in total. The lowest BCUT2D eigenvalue weighted by Crippen LogP contribution is -2.46. The van der Waals surface area contributed by atoms with Gasteiger partial charge < -0.3 is 56.6 Å². The third-order valence-corrected chi connectivity index (χ3v) is 12.5. The highest BCUT2D eigenvalue weighted by Gasteiger charge is 2.62. The van der Waals surface area contributed by atoms with Gasteiger partial charge in [-0.05, 0) is 128 Å². The summed E-state index contributed by atoms with van der Waals surface area (Å²) in [5, 5.41) is 25.5. The first-order valence-corrected chi connectivity index (χ1v) is 28.3. The van der Waals surface area contributed by atoms with Gasteiger partial charge in [-0.15, -0.1) is 20.4 Å². The summed E-state index contributed by atoms with van der Waals surface area (Å²) in [5.41, 5.74) is -10.9. The third-order valence-electron chi connectivity index (χ3n) is 12.5. The Hall–Kier alpha value is -7.70. The molecule has 89 heavy (non-hydrogen) atoms. The highest BCUT2D eigenvalue weighted by molar-refractivity contribution is 6.12. The van der Waals surface area contributed by atoms with Crippen LogP contribution < -0.4 is 19.3 Å². The lowest BCUT2D eigenvalue weighted by molar-refractivity contribution is -0.302. The number of carbonyl (C=O) groups excluding carboxylic acids is 4. The number of imide groups is 2. The molecule has 4 atom stereocenters. The van der Waals surface area contributed by atoms with E-state index in [1.165, 1.54) is 12.1 Å². The maximum Gasteiger partial charge on any atom is 0.426 e. The van der Waals surface area contributed by atoms with E-state index in [-0.39, 0.29) is 60.8 Å². The van der Waals surface area contributed by atoms with Crippen molar-refractivity contribution in [1.29, 1.82) is 0 Å². The number of carbonyl (C=O) groups is 4. The van der Waals surface area contributed by atoms with Crippen molar-refractivity contribution < 1.29 is 102 Å². The van der Waals surface area contributed by atoms with Gasteiger partial charge >= 0.3 is 36.7 Å². The lowest BCUT2D eigenvalue weighted by atomic mass is 9.98. The number of alkyl halides is 6. The Morgan fingerprint density at radius 1 is 0.562 bits per heavy atom. The number of hydrogen-bond acceptors (Lipinski definition) is 22. The Labute approximate surface area is 510 Å². The average molecular weight is 1270 g/mol. The molecule has 4 amide bonds. The van der Waals surface area contributed by atoms with E-state index in [0.29, 0.717) is 32.9 Å². The van der Waals surface area contributed by atoms with E-state index in [1.54, 1.807) is 141 Å². The van der Waals surface area contributed by atoms with Gasteiger partial charge in [-0.25, -0.2) is 29.1 Å². The summed E-state index contributed by atoms with van der Waals surface area (Å²) in [5.74, 6) is -3.21. The summed E-state index contributed by atoms with van der Waals surface area (Å²) >= 11 is 0. The van der Waals surface area contributed by atoms with Crippen molar-refractivity contribution in [3.8, 4) is 34.9 Å². The van der Waals surface area contributed by atoms with Crippen molar-refractivity contribution in [1.82, 2.24) is 30.4 Å². The van der Waals surface area contributed by atoms with E-state index in [4.69, 9.17) is 51.5 Å². The number of rotatable bonds is 5. The molecule has 1 N–H and O–H groups in total. The molecule has 1 aromatic carbocycles. The topological polar surface area (TPSA) is 282 Å². The number of hydrogen-bond donors (Lipinski definition) is 1. The zero-order chi connectivity index (χ0) is 66.5. The van der Waals surface area contributed by atoms with Crippen LogP contribution in [0.25, 0.3) is 23.2 Å². The monoisotopic (exact) mass is 1270 g/mol.